The van der Waals surface area contributed by atoms with Gasteiger partial charge in [-0.2, -0.15) is 4.98 Å². The molecule has 6 N–H and O–H groups in total. The second-order valence-corrected chi connectivity index (χ2v) is 8.35. The number of hydrogen-bond donors (Lipinski definition) is 5. The number of rotatable bonds is 9. The Morgan fingerprint density at radius 3 is 2.48 bits per heavy atom. The number of anilines is 4. The molecule has 0 aliphatic carbocycles. The number of nitrogens with zero attached hydrogens (tertiary/aromatic N) is 2. The van der Waals surface area contributed by atoms with Crippen molar-refractivity contribution in [2.75, 3.05) is 23.8 Å². The van der Waals surface area contributed by atoms with Crippen molar-refractivity contribution >= 4 is 39.1 Å². The normalized spacial score (nSPS) is 11.2. The van der Waals surface area contributed by atoms with E-state index in [2.05, 4.69) is 25.3 Å². The largest absolute Gasteiger partial charge is 0.395 e. The summed E-state index contributed by atoms with van der Waals surface area (Å²) in [5.74, 6) is -0.246. The molecule has 10 nitrogen and oxygen atoms in total. The van der Waals surface area contributed by atoms with Crippen molar-refractivity contribution in [3.63, 3.8) is 0 Å². The number of nitrogens with two attached hydrogens (primary N) is 1. The van der Waals surface area contributed by atoms with E-state index in [1.807, 2.05) is 31.2 Å². The van der Waals surface area contributed by atoms with E-state index in [4.69, 9.17) is 10.8 Å². The number of primary amides is 1. The summed E-state index contributed by atoms with van der Waals surface area (Å²) >= 11 is 0. The van der Waals surface area contributed by atoms with Crippen LogP contribution in [0, 0.1) is 6.92 Å². The number of aryl methyl sites for hydroxylation is 1. The molecule has 1 amide bonds. The minimum atomic E-state index is -3.70. The fourth-order valence-corrected chi connectivity index (χ4v) is 3.71. The van der Waals surface area contributed by atoms with Crippen LogP contribution in [0.2, 0.25) is 0 Å². The maximum Gasteiger partial charge on any atom is 0.254 e. The first-order valence-electron chi connectivity index (χ1n) is 9.26. The fourth-order valence-electron chi connectivity index (χ4n) is 2.69. The predicted molar refractivity (Wildman–Crippen MR) is 117 cm³/mol. The average Bonchev–Trinajstić information content (AvgIpc) is 2.73. The smallest absolute Gasteiger partial charge is 0.254 e. The number of hydrogen-bond acceptors (Lipinski definition) is 8. The Hall–Kier alpha value is -3.54. The molecule has 0 fully saturated rings. The van der Waals surface area contributed by atoms with Crippen molar-refractivity contribution in [2.24, 2.45) is 5.73 Å². The summed E-state index contributed by atoms with van der Waals surface area (Å²) < 4.78 is 26.4. The zero-order valence-electron chi connectivity index (χ0n) is 16.7. The Kier molecular flexibility index (Phi) is 6.80. The van der Waals surface area contributed by atoms with Gasteiger partial charge in [0.05, 0.1) is 11.5 Å². The highest BCUT2D eigenvalue weighted by atomic mass is 32.2. The molecule has 3 rings (SSSR count). The Labute approximate surface area is 179 Å². The lowest BCUT2D eigenvalue weighted by Crippen LogP contribution is -2.26. The zero-order chi connectivity index (χ0) is 22.4. The Balaban J connectivity index is 1.82. The molecule has 2 aromatic carbocycles. The molecule has 11 heteroatoms. The predicted octanol–water partition coefficient (Wildman–Crippen LogP) is 1.64. The van der Waals surface area contributed by atoms with Gasteiger partial charge in [-0.1, -0.05) is 12.1 Å². The molecular formula is C20H22N6O4S. The van der Waals surface area contributed by atoms with Crippen LogP contribution in [0.15, 0.2) is 59.6 Å². The molecule has 31 heavy (non-hydrogen) atoms. The number of nitrogens with one attached hydrogen (secondary N) is 3. The maximum atomic E-state index is 12.1. The summed E-state index contributed by atoms with van der Waals surface area (Å²) in [7, 11) is -3.70. The van der Waals surface area contributed by atoms with E-state index in [0.717, 1.165) is 11.3 Å². The topological polar surface area (TPSA) is 159 Å². The SMILES string of the molecule is Cc1cccc(Nc2nc(Nc3ccc(S(=O)(=O)NCCO)cc3)ncc2C(N)=O)c1. The molecule has 3 aromatic rings. The molecule has 0 atom stereocenters. The molecule has 0 radical (unpaired) electrons. The van der Waals surface area contributed by atoms with Crippen molar-refractivity contribution in [2.45, 2.75) is 11.8 Å². The van der Waals surface area contributed by atoms with Gasteiger partial charge in [0, 0.05) is 24.1 Å². The van der Waals surface area contributed by atoms with Crippen molar-refractivity contribution in [1.82, 2.24) is 14.7 Å². The number of benzene rings is 2. The standard InChI is InChI=1S/C20H22N6O4S/c1-13-3-2-4-15(11-13)24-19-17(18(21)28)12-22-20(26-19)25-14-5-7-16(8-6-14)31(29,30)23-9-10-27/h2-8,11-12,23,27H,9-10H2,1H3,(H2,21,28)(H2,22,24,25,26). The van der Waals surface area contributed by atoms with E-state index in [0.29, 0.717) is 5.69 Å². The van der Waals surface area contributed by atoms with Crippen LogP contribution in [0.25, 0.3) is 0 Å². The van der Waals surface area contributed by atoms with E-state index in [9.17, 15) is 13.2 Å². The van der Waals surface area contributed by atoms with Gasteiger partial charge in [-0.3, -0.25) is 4.79 Å². The van der Waals surface area contributed by atoms with Crippen molar-refractivity contribution in [3.8, 4) is 0 Å². The van der Waals surface area contributed by atoms with E-state index >= 15 is 0 Å². The van der Waals surface area contributed by atoms with E-state index in [1.165, 1.54) is 18.3 Å². The first-order chi connectivity index (χ1) is 14.8. The molecule has 0 saturated carbocycles. The first kappa shape index (κ1) is 22.2. The van der Waals surface area contributed by atoms with Gasteiger partial charge < -0.3 is 21.5 Å². The zero-order valence-corrected chi connectivity index (χ0v) is 17.5. The molecule has 0 unspecified atom stereocenters. The number of aromatic nitrogens is 2. The lowest BCUT2D eigenvalue weighted by atomic mass is 10.2. The lowest BCUT2D eigenvalue weighted by Gasteiger charge is -2.12. The molecule has 1 heterocycles. The van der Waals surface area contributed by atoms with Crippen LogP contribution in [-0.4, -0.2) is 42.6 Å². The highest BCUT2D eigenvalue weighted by Crippen LogP contribution is 2.22. The van der Waals surface area contributed by atoms with Crippen molar-refractivity contribution < 1.29 is 18.3 Å². The molecule has 0 spiro atoms. The molecule has 0 bridgehead atoms. The number of aliphatic hydroxyl groups excluding tert-OH is 1. The quantitative estimate of drug-likeness (QED) is 0.334. The minimum absolute atomic E-state index is 0.0540. The molecule has 1 aromatic heterocycles. The average molecular weight is 443 g/mol. The van der Waals surface area contributed by atoms with Gasteiger partial charge in [-0.25, -0.2) is 18.1 Å². The summed E-state index contributed by atoms with van der Waals surface area (Å²) in [5.41, 5.74) is 7.86. The van der Waals surface area contributed by atoms with Crippen LogP contribution in [0.3, 0.4) is 0 Å². The van der Waals surface area contributed by atoms with Crippen LogP contribution in [0.1, 0.15) is 15.9 Å². The number of carbonyl (C=O) groups excluding carboxylic acids is 1. The summed E-state index contributed by atoms with van der Waals surface area (Å²) in [5, 5.41) is 14.8. The van der Waals surface area contributed by atoms with Crippen molar-refractivity contribution in [3.05, 3.63) is 65.9 Å². The summed E-state index contributed by atoms with van der Waals surface area (Å²) in [4.78, 5) is 20.3. The van der Waals surface area contributed by atoms with Gasteiger partial charge in [0.25, 0.3) is 5.91 Å². The van der Waals surface area contributed by atoms with E-state index in [-0.39, 0.29) is 35.4 Å². The third-order valence-corrected chi connectivity index (χ3v) is 5.64. The molecule has 0 aliphatic rings. The second-order valence-electron chi connectivity index (χ2n) is 6.59. The van der Waals surface area contributed by atoms with Crippen LogP contribution in [-0.2, 0) is 10.0 Å². The Morgan fingerprint density at radius 1 is 1.10 bits per heavy atom. The molecular weight excluding hydrogens is 420 g/mol. The maximum absolute atomic E-state index is 12.1. The summed E-state index contributed by atoms with van der Waals surface area (Å²) in [6.45, 7) is 1.58. The van der Waals surface area contributed by atoms with E-state index in [1.54, 1.807) is 12.1 Å². The third kappa shape index (κ3) is 5.75. The number of aliphatic hydroxyl groups is 1. The van der Waals surface area contributed by atoms with Gasteiger partial charge in [0.15, 0.2) is 0 Å². The molecule has 0 aliphatic heterocycles. The Morgan fingerprint density at radius 2 is 1.84 bits per heavy atom. The molecule has 0 saturated heterocycles. The van der Waals surface area contributed by atoms with Gasteiger partial charge in [0.1, 0.15) is 11.4 Å². The second kappa shape index (κ2) is 9.51. The minimum Gasteiger partial charge on any atom is -0.395 e. The Bertz CT molecular complexity index is 1180. The summed E-state index contributed by atoms with van der Waals surface area (Å²) in [6.07, 6.45) is 1.31. The van der Waals surface area contributed by atoms with Gasteiger partial charge in [-0.05, 0) is 48.9 Å². The van der Waals surface area contributed by atoms with Crippen LogP contribution < -0.4 is 21.1 Å². The third-order valence-electron chi connectivity index (χ3n) is 4.16. The van der Waals surface area contributed by atoms with Crippen LogP contribution in [0.5, 0.6) is 0 Å². The van der Waals surface area contributed by atoms with Crippen LogP contribution in [0.4, 0.5) is 23.1 Å². The van der Waals surface area contributed by atoms with E-state index < -0.39 is 15.9 Å². The van der Waals surface area contributed by atoms with Crippen LogP contribution >= 0.6 is 0 Å². The van der Waals surface area contributed by atoms with Gasteiger partial charge in [0.2, 0.25) is 16.0 Å². The monoisotopic (exact) mass is 442 g/mol. The molecule has 162 valence electrons. The highest BCUT2D eigenvalue weighted by molar-refractivity contribution is 7.89. The first-order valence-corrected chi connectivity index (χ1v) is 10.7. The highest BCUT2D eigenvalue weighted by Gasteiger charge is 2.15. The number of carbonyl (C=O) groups is 1. The van der Waals surface area contributed by atoms with Gasteiger partial charge >= 0.3 is 0 Å². The number of sulfonamides is 1. The van der Waals surface area contributed by atoms with Gasteiger partial charge in [-0.15, -0.1) is 0 Å². The van der Waals surface area contributed by atoms with Crippen molar-refractivity contribution in [1.29, 1.82) is 0 Å². The lowest BCUT2D eigenvalue weighted by molar-refractivity contribution is 0.100. The summed E-state index contributed by atoms with van der Waals surface area (Å²) in [6, 6.07) is 13.4. The number of amides is 1. The fraction of sp³-hybridized carbons (Fsp3) is 0.150.